The van der Waals surface area contributed by atoms with E-state index in [1.165, 1.54) is 0 Å². The minimum atomic E-state index is 0.0838. The van der Waals surface area contributed by atoms with Crippen molar-refractivity contribution in [1.82, 2.24) is 15.0 Å². The number of hydrogen-bond acceptors (Lipinski definition) is 4. The molecular weight excluding hydrogens is 302 g/mol. The van der Waals surface area contributed by atoms with Crippen LogP contribution in [-0.2, 0) is 18.3 Å². The summed E-state index contributed by atoms with van der Waals surface area (Å²) in [6.45, 7) is 10.6. The first-order valence-corrected chi connectivity index (χ1v) is 8.53. The molecule has 0 aliphatic carbocycles. The third kappa shape index (κ3) is 4.01. The molecule has 2 aromatic heterocycles. The van der Waals surface area contributed by atoms with Crippen molar-refractivity contribution < 1.29 is 0 Å². The van der Waals surface area contributed by atoms with Crippen LogP contribution >= 0.6 is 22.9 Å². The van der Waals surface area contributed by atoms with Gasteiger partial charge in [-0.1, -0.05) is 39.3 Å². The Hall–Kier alpha value is -1.00. The van der Waals surface area contributed by atoms with Gasteiger partial charge in [-0.3, -0.25) is 0 Å². The number of rotatable bonds is 4. The number of hydrogen-bond donors (Lipinski definition) is 0. The van der Waals surface area contributed by atoms with Gasteiger partial charge >= 0.3 is 0 Å². The molecule has 2 rings (SSSR count). The number of aromatic nitrogens is 3. The first kappa shape index (κ1) is 16.4. The molecule has 0 amide bonds. The van der Waals surface area contributed by atoms with Crippen LogP contribution in [0.15, 0.2) is 5.38 Å². The molecule has 0 bridgehead atoms. The van der Waals surface area contributed by atoms with Gasteiger partial charge in [0.05, 0.1) is 16.4 Å². The molecule has 0 aromatic carbocycles. The van der Waals surface area contributed by atoms with Crippen molar-refractivity contribution in [2.45, 2.75) is 59.3 Å². The summed E-state index contributed by atoms with van der Waals surface area (Å²) in [6, 6.07) is 0. The van der Waals surface area contributed by atoms with Crippen LogP contribution in [0.4, 0.5) is 0 Å². The zero-order valence-corrected chi connectivity index (χ0v) is 14.9. The van der Waals surface area contributed by atoms with Crippen molar-refractivity contribution in [3.8, 4) is 0 Å². The summed E-state index contributed by atoms with van der Waals surface area (Å²) in [6.07, 6.45) is 2.61. The van der Waals surface area contributed by atoms with Crippen molar-refractivity contribution >= 4 is 22.9 Å². The number of aryl methyl sites for hydroxylation is 1. The zero-order valence-electron chi connectivity index (χ0n) is 13.3. The lowest BCUT2D eigenvalue weighted by atomic mass is 9.93. The largest absolute Gasteiger partial charge is 0.245 e. The Bertz CT molecular complexity index is 629. The molecule has 3 nitrogen and oxygen atoms in total. The highest BCUT2D eigenvalue weighted by Gasteiger charge is 2.18. The van der Waals surface area contributed by atoms with Crippen LogP contribution in [0.3, 0.4) is 0 Å². The molecule has 0 spiro atoms. The van der Waals surface area contributed by atoms with E-state index in [4.69, 9.17) is 16.6 Å². The molecule has 0 aliphatic rings. The number of thiazole rings is 1. The van der Waals surface area contributed by atoms with E-state index < -0.39 is 0 Å². The minimum absolute atomic E-state index is 0.0838. The summed E-state index contributed by atoms with van der Waals surface area (Å²) in [4.78, 5) is 13.7. The smallest absolute Gasteiger partial charge is 0.135 e. The third-order valence-corrected chi connectivity index (χ3v) is 4.56. The molecule has 2 aromatic rings. The maximum atomic E-state index is 6.23. The molecule has 0 atom stereocenters. The molecule has 2 heterocycles. The summed E-state index contributed by atoms with van der Waals surface area (Å²) in [5.41, 5.74) is 3.17. The van der Waals surface area contributed by atoms with E-state index in [1.807, 2.05) is 6.92 Å². The maximum Gasteiger partial charge on any atom is 0.135 e. The lowest BCUT2D eigenvalue weighted by Crippen LogP contribution is -2.11. The van der Waals surface area contributed by atoms with Gasteiger partial charge < -0.3 is 0 Å². The number of halogens is 1. The van der Waals surface area contributed by atoms with Gasteiger partial charge in [-0.2, -0.15) is 0 Å². The predicted octanol–water partition coefficient (Wildman–Crippen LogP) is 4.74. The normalized spacial score (nSPS) is 11.9. The van der Waals surface area contributed by atoms with E-state index in [2.05, 4.69) is 43.0 Å². The van der Waals surface area contributed by atoms with Gasteiger partial charge in [0, 0.05) is 29.2 Å². The molecular formula is C16H22ClN3S. The molecule has 0 N–H and O–H groups in total. The summed E-state index contributed by atoms with van der Waals surface area (Å²) in [5, 5.41) is 3.79. The summed E-state index contributed by atoms with van der Waals surface area (Å²) in [5.74, 6) is 0.829. The highest BCUT2D eigenvalue weighted by Crippen LogP contribution is 2.26. The van der Waals surface area contributed by atoms with E-state index >= 15 is 0 Å². The van der Waals surface area contributed by atoms with Crippen LogP contribution in [0.1, 0.15) is 61.9 Å². The average Bonchev–Trinajstić information content (AvgIpc) is 2.84. The van der Waals surface area contributed by atoms with Crippen molar-refractivity contribution in [1.29, 1.82) is 0 Å². The van der Waals surface area contributed by atoms with E-state index in [1.54, 1.807) is 11.3 Å². The molecule has 5 heteroatoms. The summed E-state index contributed by atoms with van der Waals surface area (Å²) in [7, 11) is 0. The Kier molecular flexibility index (Phi) is 4.99. The third-order valence-electron chi connectivity index (χ3n) is 3.35. The van der Waals surface area contributed by atoms with E-state index in [-0.39, 0.29) is 5.41 Å². The van der Waals surface area contributed by atoms with Crippen LogP contribution in [0.25, 0.3) is 0 Å². The van der Waals surface area contributed by atoms with Gasteiger partial charge in [-0.05, 0) is 13.3 Å². The van der Waals surface area contributed by atoms with Crippen molar-refractivity contribution in [2.24, 2.45) is 0 Å². The minimum Gasteiger partial charge on any atom is -0.245 e. The second kappa shape index (κ2) is 6.41. The molecule has 21 heavy (non-hydrogen) atoms. The quantitative estimate of drug-likeness (QED) is 0.763. The first-order chi connectivity index (χ1) is 9.81. The Labute approximate surface area is 135 Å². The fourth-order valence-electron chi connectivity index (χ4n) is 1.97. The van der Waals surface area contributed by atoms with Gasteiger partial charge in [0.25, 0.3) is 0 Å². The zero-order chi connectivity index (χ0) is 15.6. The lowest BCUT2D eigenvalue weighted by molar-refractivity contribution is 0.571. The van der Waals surface area contributed by atoms with E-state index in [9.17, 15) is 0 Å². The SMILES string of the molecule is CCCc1nc(Cl)c(C)c(Cc2nc(C(C)(C)C)cs2)n1. The predicted molar refractivity (Wildman–Crippen MR) is 89.4 cm³/mol. The topological polar surface area (TPSA) is 38.7 Å². The highest BCUT2D eigenvalue weighted by atomic mass is 35.5. The average molecular weight is 324 g/mol. The van der Waals surface area contributed by atoms with Crippen LogP contribution in [-0.4, -0.2) is 15.0 Å². The molecule has 114 valence electrons. The molecule has 0 saturated carbocycles. The van der Waals surface area contributed by atoms with Crippen molar-refractivity contribution in [3.63, 3.8) is 0 Å². The van der Waals surface area contributed by atoms with Crippen molar-refractivity contribution in [3.05, 3.63) is 38.3 Å². The van der Waals surface area contributed by atoms with E-state index in [0.717, 1.165) is 47.0 Å². The second-order valence-electron chi connectivity index (χ2n) is 6.31. The van der Waals surface area contributed by atoms with Crippen molar-refractivity contribution in [2.75, 3.05) is 0 Å². The second-order valence-corrected chi connectivity index (χ2v) is 7.61. The van der Waals surface area contributed by atoms with Gasteiger partial charge in [-0.15, -0.1) is 11.3 Å². The molecule has 0 unspecified atom stereocenters. The molecule has 0 aliphatic heterocycles. The standard InChI is InChI=1S/C16H22ClN3S/c1-6-7-13-18-11(10(2)15(17)20-13)8-14-19-12(9-21-14)16(3,4)5/h9H,6-8H2,1-5H3. The van der Waals surface area contributed by atoms with Gasteiger partial charge in [0.1, 0.15) is 11.0 Å². The molecule has 0 radical (unpaired) electrons. The molecule has 0 saturated heterocycles. The summed E-state index contributed by atoms with van der Waals surface area (Å²) < 4.78 is 0. The monoisotopic (exact) mass is 323 g/mol. The lowest BCUT2D eigenvalue weighted by Gasteiger charge is -2.14. The van der Waals surface area contributed by atoms with Gasteiger partial charge in [-0.25, -0.2) is 15.0 Å². The van der Waals surface area contributed by atoms with Crippen LogP contribution < -0.4 is 0 Å². The molecule has 0 fully saturated rings. The van der Waals surface area contributed by atoms with Gasteiger partial charge in [0.15, 0.2) is 0 Å². The highest BCUT2D eigenvalue weighted by molar-refractivity contribution is 7.09. The Morgan fingerprint density at radius 1 is 1.19 bits per heavy atom. The Morgan fingerprint density at radius 2 is 1.90 bits per heavy atom. The Balaban J connectivity index is 2.28. The fourth-order valence-corrected chi connectivity index (χ4v) is 3.20. The van der Waals surface area contributed by atoms with Crippen LogP contribution in [0.2, 0.25) is 5.15 Å². The first-order valence-electron chi connectivity index (χ1n) is 7.28. The number of nitrogens with zero attached hydrogens (tertiary/aromatic N) is 3. The van der Waals surface area contributed by atoms with Gasteiger partial charge in [0.2, 0.25) is 0 Å². The fraction of sp³-hybridized carbons (Fsp3) is 0.562. The maximum absolute atomic E-state index is 6.23. The van der Waals surface area contributed by atoms with E-state index in [0.29, 0.717) is 5.15 Å². The Morgan fingerprint density at radius 3 is 2.48 bits per heavy atom. The van der Waals surface area contributed by atoms with Crippen LogP contribution in [0, 0.1) is 6.92 Å². The van der Waals surface area contributed by atoms with Crippen LogP contribution in [0.5, 0.6) is 0 Å². The summed E-state index contributed by atoms with van der Waals surface area (Å²) >= 11 is 7.92.